The van der Waals surface area contributed by atoms with Gasteiger partial charge in [0.05, 0.1) is 19.6 Å². The molecule has 1 aromatic carbocycles. The number of para-hydroxylation sites is 1. The van der Waals surface area contributed by atoms with Crippen LogP contribution in [0.1, 0.15) is 17.5 Å². The Labute approximate surface area is 128 Å². The highest BCUT2D eigenvalue weighted by molar-refractivity contribution is 5.85. The third kappa shape index (κ3) is 3.60. The first kappa shape index (κ1) is 15.5. The SMILES string of the molecule is CN(Cc1noc(CN)n1)Cc1cc2ccccc2o1.Cl. The third-order valence-electron chi connectivity index (χ3n) is 3.00. The Kier molecular flexibility index (Phi) is 4.95. The molecule has 2 heterocycles. The molecule has 0 radical (unpaired) electrons. The van der Waals surface area contributed by atoms with Gasteiger partial charge in [0.25, 0.3) is 0 Å². The smallest absolute Gasteiger partial charge is 0.240 e. The van der Waals surface area contributed by atoms with Crippen LogP contribution in [-0.2, 0) is 19.6 Å². The van der Waals surface area contributed by atoms with Gasteiger partial charge in [-0.2, -0.15) is 4.98 Å². The van der Waals surface area contributed by atoms with E-state index in [1.54, 1.807) is 0 Å². The Morgan fingerprint density at radius 3 is 2.76 bits per heavy atom. The number of benzene rings is 1. The molecular formula is C14H17ClN4O2. The van der Waals surface area contributed by atoms with Crippen molar-refractivity contribution < 1.29 is 8.94 Å². The Bertz CT molecular complexity index is 677. The molecule has 0 atom stereocenters. The monoisotopic (exact) mass is 308 g/mol. The van der Waals surface area contributed by atoms with Crippen LogP contribution < -0.4 is 5.73 Å². The lowest BCUT2D eigenvalue weighted by Gasteiger charge is -2.11. The first-order valence-electron chi connectivity index (χ1n) is 6.42. The second-order valence-electron chi connectivity index (χ2n) is 4.73. The number of nitrogens with zero attached hydrogens (tertiary/aromatic N) is 3. The molecule has 0 saturated heterocycles. The molecule has 0 aliphatic rings. The molecule has 3 rings (SSSR count). The van der Waals surface area contributed by atoms with Gasteiger partial charge in [-0.05, 0) is 19.2 Å². The van der Waals surface area contributed by atoms with Crippen molar-refractivity contribution in [1.82, 2.24) is 15.0 Å². The summed E-state index contributed by atoms with van der Waals surface area (Å²) in [5.74, 6) is 2.00. The number of hydrogen-bond acceptors (Lipinski definition) is 6. The van der Waals surface area contributed by atoms with Crippen LogP contribution in [-0.4, -0.2) is 22.1 Å². The van der Waals surface area contributed by atoms with Gasteiger partial charge in [-0.25, -0.2) is 0 Å². The van der Waals surface area contributed by atoms with Crippen molar-refractivity contribution in [2.75, 3.05) is 7.05 Å². The van der Waals surface area contributed by atoms with Gasteiger partial charge in [0, 0.05) is 5.39 Å². The fraction of sp³-hybridized carbons (Fsp3) is 0.286. The Hall–Kier alpha value is -1.89. The van der Waals surface area contributed by atoms with Crippen molar-refractivity contribution >= 4 is 23.4 Å². The van der Waals surface area contributed by atoms with Crippen LogP contribution in [0.4, 0.5) is 0 Å². The molecule has 2 aromatic heterocycles. The van der Waals surface area contributed by atoms with E-state index < -0.39 is 0 Å². The normalized spacial score (nSPS) is 11.0. The third-order valence-corrected chi connectivity index (χ3v) is 3.00. The number of rotatable bonds is 5. The van der Waals surface area contributed by atoms with E-state index in [0.29, 0.717) is 24.8 Å². The molecular weight excluding hydrogens is 292 g/mol. The van der Waals surface area contributed by atoms with Crippen LogP contribution in [0.25, 0.3) is 11.0 Å². The molecule has 6 nitrogen and oxygen atoms in total. The summed E-state index contributed by atoms with van der Waals surface area (Å²) in [7, 11) is 1.98. The average Bonchev–Trinajstić information content (AvgIpc) is 3.04. The summed E-state index contributed by atoms with van der Waals surface area (Å²) in [6.45, 7) is 1.53. The van der Waals surface area contributed by atoms with Crippen molar-refractivity contribution in [3.63, 3.8) is 0 Å². The minimum absolute atomic E-state index is 0. The first-order chi connectivity index (χ1) is 9.74. The van der Waals surface area contributed by atoms with E-state index in [-0.39, 0.29) is 19.0 Å². The Morgan fingerprint density at radius 1 is 1.24 bits per heavy atom. The van der Waals surface area contributed by atoms with Gasteiger partial charge in [-0.15, -0.1) is 12.4 Å². The van der Waals surface area contributed by atoms with Crippen LogP contribution in [0.5, 0.6) is 0 Å². The van der Waals surface area contributed by atoms with Gasteiger partial charge < -0.3 is 14.7 Å². The first-order valence-corrected chi connectivity index (χ1v) is 6.42. The molecule has 0 saturated carbocycles. The average molecular weight is 309 g/mol. The van der Waals surface area contributed by atoms with Gasteiger partial charge >= 0.3 is 0 Å². The molecule has 112 valence electrons. The number of furan rings is 1. The zero-order chi connectivity index (χ0) is 13.9. The quantitative estimate of drug-likeness (QED) is 0.779. The fourth-order valence-corrected chi connectivity index (χ4v) is 2.12. The van der Waals surface area contributed by atoms with E-state index in [9.17, 15) is 0 Å². The molecule has 0 unspecified atom stereocenters. The fourth-order valence-electron chi connectivity index (χ4n) is 2.12. The lowest BCUT2D eigenvalue weighted by Crippen LogP contribution is -2.17. The van der Waals surface area contributed by atoms with E-state index in [4.69, 9.17) is 14.7 Å². The van der Waals surface area contributed by atoms with Crippen LogP contribution >= 0.6 is 12.4 Å². The van der Waals surface area contributed by atoms with Crippen LogP contribution in [0, 0.1) is 0 Å². The molecule has 0 amide bonds. The van der Waals surface area contributed by atoms with E-state index >= 15 is 0 Å². The molecule has 0 bridgehead atoms. The molecule has 7 heteroatoms. The van der Waals surface area contributed by atoms with Gasteiger partial charge in [-0.3, -0.25) is 4.90 Å². The number of halogens is 1. The molecule has 21 heavy (non-hydrogen) atoms. The number of fused-ring (bicyclic) bond motifs is 1. The zero-order valence-corrected chi connectivity index (χ0v) is 12.5. The Morgan fingerprint density at radius 2 is 2.05 bits per heavy atom. The highest BCUT2D eigenvalue weighted by Crippen LogP contribution is 2.19. The maximum Gasteiger partial charge on any atom is 0.240 e. The van der Waals surface area contributed by atoms with Gasteiger partial charge in [-0.1, -0.05) is 23.4 Å². The summed E-state index contributed by atoms with van der Waals surface area (Å²) in [4.78, 5) is 6.24. The molecule has 2 N–H and O–H groups in total. The largest absolute Gasteiger partial charge is 0.460 e. The van der Waals surface area contributed by atoms with Crippen molar-refractivity contribution in [1.29, 1.82) is 0 Å². The maximum atomic E-state index is 5.78. The van der Waals surface area contributed by atoms with Crippen LogP contribution in [0.15, 0.2) is 39.3 Å². The predicted molar refractivity (Wildman–Crippen MR) is 80.8 cm³/mol. The van der Waals surface area contributed by atoms with Crippen molar-refractivity contribution in [3.05, 3.63) is 47.8 Å². The minimum Gasteiger partial charge on any atom is -0.460 e. The standard InChI is InChI=1S/C14H16N4O2.ClH/c1-18(9-13-16-14(7-15)20-17-13)8-11-6-10-4-2-3-5-12(10)19-11;/h2-6H,7-9,15H2,1H3;1H. The van der Waals surface area contributed by atoms with Crippen molar-refractivity contribution in [2.45, 2.75) is 19.6 Å². The van der Waals surface area contributed by atoms with Gasteiger partial charge in [0.1, 0.15) is 11.3 Å². The molecule has 0 aliphatic carbocycles. The number of aromatic nitrogens is 2. The second-order valence-corrected chi connectivity index (χ2v) is 4.73. The molecule has 0 fully saturated rings. The van der Waals surface area contributed by atoms with E-state index in [0.717, 1.165) is 16.7 Å². The summed E-state index contributed by atoms with van der Waals surface area (Å²) in [6.07, 6.45) is 0. The molecule has 0 aliphatic heterocycles. The van der Waals surface area contributed by atoms with Gasteiger partial charge in [0.2, 0.25) is 5.89 Å². The highest BCUT2D eigenvalue weighted by Gasteiger charge is 2.10. The zero-order valence-electron chi connectivity index (χ0n) is 11.7. The molecule has 0 spiro atoms. The topological polar surface area (TPSA) is 81.3 Å². The van der Waals surface area contributed by atoms with Crippen molar-refractivity contribution in [2.24, 2.45) is 5.73 Å². The second kappa shape index (κ2) is 6.71. The van der Waals surface area contributed by atoms with Gasteiger partial charge in [0.15, 0.2) is 5.82 Å². The summed E-state index contributed by atoms with van der Waals surface area (Å²) >= 11 is 0. The highest BCUT2D eigenvalue weighted by atomic mass is 35.5. The van der Waals surface area contributed by atoms with Crippen LogP contribution in [0.3, 0.4) is 0 Å². The lowest BCUT2D eigenvalue weighted by molar-refractivity contribution is 0.278. The van der Waals surface area contributed by atoms with Crippen LogP contribution in [0.2, 0.25) is 0 Å². The predicted octanol–water partition coefficient (Wildman–Crippen LogP) is 2.33. The summed E-state index contributed by atoms with van der Waals surface area (Å²) in [6, 6.07) is 10.0. The van der Waals surface area contributed by atoms with E-state index in [1.807, 2.05) is 37.4 Å². The summed E-state index contributed by atoms with van der Waals surface area (Å²) in [5.41, 5.74) is 6.34. The van der Waals surface area contributed by atoms with Crippen molar-refractivity contribution in [3.8, 4) is 0 Å². The lowest BCUT2D eigenvalue weighted by atomic mass is 10.2. The number of hydrogen-bond donors (Lipinski definition) is 1. The summed E-state index contributed by atoms with van der Waals surface area (Å²) < 4.78 is 10.8. The Balaban J connectivity index is 0.00000161. The van der Waals surface area contributed by atoms with E-state index in [2.05, 4.69) is 15.0 Å². The summed E-state index contributed by atoms with van der Waals surface area (Å²) in [5, 5.41) is 4.98. The number of nitrogens with two attached hydrogens (primary N) is 1. The molecule has 3 aromatic rings. The maximum absolute atomic E-state index is 5.78. The minimum atomic E-state index is 0. The van der Waals surface area contributed by atoms with E-state index in [1.165, 1.54) is 0 Å².